The van der Waals surface area contributed by atoms with Crippen molar-refractivity contribution >= 4 is 5.91 Å². The zero-order chi connectivity index (χ0) is 15.4. The first-order valence-electron chi connectivity index (χ1n) is 6.71. The topological polar surface area (TPSA) is 81.1 Å². The number of hydrogen-bond donors (Lipinski definition) is 2. The maximum absolute atomic E-state index is 13.0. The van der Waals surface area contributed by atoms with E-state index in [-0.39, 0.29) is 35.9 Å². The average Bonchev–Trinajstić information content (AvgIpc) is 2.93. The number of amides is 1. The molecular formula is C15H18FN3O2. The van der Waals surface area contributed by atoms with Crippen LogP contribution in [0.5, 0.6) is 0 Å². The molecule has 0 aliphatic heterocycles. The summed E-state index contributed by atoms with van der Waals surface area (Å²) in [6, 6.07) is 5.68. The Labute approximate surface area is 122 Å². The molecule has 0 aliphatic carbocycles. The fourth-order valence-electron chi connectivity index (χ4n) is 1.75. The maximum atomic E-state index is 13.0. The summed E-state index contributed by atoms with van der Waals surface area (Å²) in [6.07, 6.45) is 1.28. The Morgan fingerprint density at radius 3 is 2.90 bits per heavy atom. The van der Waals surface area contributed by atoms with Crippen LogP contribution in [0, 0.1) is 11.7 Å². The van der Waals surface area contributed by atoms with E-state index >= 15 is 0 Å². The van der Waals surface area contributed by atoms with Crippen molar-refractivity contribution in [3.63, 3.8) is 0 Å². The van der Waals surface area contributed by atoms with E-state index < -0.39 is 0 Å². The van der Waals surface area contributed by atoms with Gasteiger partial charge in [-0.25, -0.2) is 9.37 Å². The summed E-state index contributed by atoms with van der Waals surface area (Å²) in [5.74, 6) is -0.230. The van der Waals surface area contributed by atoms with E-state index in [9.17, 15) is 9.18 Å². The summed E-state index contributed by atoms with van der Waals surface area (Å²) in [4.78, 5) is 16.0. The highest BCUT2D eigenvalue weighted by Gasteiger charge is 2.19. The molecule has 5 nitrogen and oxygen atoms in total. The number of rotatable bonds is 5. The molecular weight excluding hydrogens is 273 g/mol. The molecule has 1 atom stereocenters. The van der Waals surface area contributed by atoms with Crippen LogP contribution in [0.2, 0.25) is 0 Å². The Morgan fingerprint density at radius 1 is 1.48 bits per heavy atom. The molecule has 1 amide bonds. The van der Waals surface area contributed by atoms with Gasteiger partial charge in [0.1, 0.15) is 12.1 Å². The van der Waals surface area contributed by atoms with Gasteiger partial charge in [0.25, 0.3) is 5.91 Å². The van der Waals surface area contributed by atoms with Crippen LogP contribution in [0.15, 0.2) is 34.9 Å². The molecule has 0 saturated heterocycles. The van der Waals surface area contributed by atoms with Gasteiger partial charge in [0, 0.05) is 6.54 Å². The monoisotopic (exact) mass is 291 g/mol. The molecule has 0 radical (unpaired) electrons. The van der Waals surface area contributed by atoms with Gasteiger partial charge in [-0.3, -0.25) is 4.79 Å². The molecule has 2 rings (SSSR count). The predicted molar refractivity (Wildman–Crippen MR) is 75.8 cm³/mol. The molecule has 112 valence electrons. The molecule has 1 aromatic carbocycles. The predicted octanol–water partition coefficient (Wildman–Crippen LogP) is 2.40. The third-order valence-electron chi connectivity index (χ3n) is 3.10. The zero-order valence-corrected chi connectivity index (χ0v) is 12.0. The molecule has 1 aromatic heterocycles. The van der Waals surface area contributed by atoms with Crippen LogP contribution in [0.1, 0.15) is 41.8 Å². The SMILES string of the molecule is CC(C)C(N)c1nc(C(=O)NCc2cccc(F)c2)co1. The summed E-state index contributed by atoms with van der Waals surface area (Å²) in [5.41, 5.74) is 6.74. The molecule has 21 heavy (non-hydrogen) atoms. The second kappa shape index (κ2) is 6.49. The second-order valence-electron chi connectivity index (χ2n) is 5.15. The number of benzene rings is 1. The molecule has 0 fully saturated rings. The number of nitrogens with two attached hydrogens (primary N) is 1. The van der Waals surface area contributed by atoms with E-state index in [2.05, 4.69) is 10.3 Å². The van der Waals surface area contributed by atoms with E-state index in [1.54, 1.807) is 12.1 Å². The Balaban J connectivity index is 1.98. The van der Waals surface area contributed by atoms with Gasteiger partial charge in [0.05, 0.1) is 6.04 Å². The number of carbonyl (C=O) groups excluding carboxylic acids is 1. The maximum Gasteiger partial charge on any atom is 0.273 e. The van der Waals surface area contributed by atoms with Gasteiger partial charge < -0.3 is 15.5 Å². The molecule has 3 N–H and O–H groups in total. The Kier molecular flexibility index (Phi) is 4.70. The lowest BCUT2D eigenvalue weighted by molar-refractivity contribution is 0.0945. The molecule has 0 aliphatic rings. The summed E-state index contributed by atoms with van der Waals surface area (Å²) >= 11 is 0. The summed E-state index contributed by atoms with van der Waals surface area (Å²) < 4.78 is 18.3. The van der Waals surface area contributed by atoms with Crippen molar-refractivity contribution < 1.29 is 13.6 Å². The lowest BCUT2D eigenvalue weighted by Gasteiger charge is -2.10. The number of hydrogen-bond acceptors (Lipinski definition) is 4. The van der Waals surface area contributed by atoms with Crippen LogP contribution >= 0.6 is 0 Å². The standard InChI is InChI=1S/C15H18FN3O2/c1-9(2)13(17)15-19-12(8-21-15)14(20)18-7-10-4-3-5-11(16)6-10/h3-6,8-9,13H,7,17H2,1-2H3,(H,18,20). The fourth-order valence-corrected chi connectivity index (χ4v) is 1.75. The first-order chi connectivity index (χ1) is 9.97. The quantitative estimate of drug-likeness (QED) is 0.886. The molecule has 1 heterocycles. The first kappa shape index (κ1) is 15.2. The van der Waals surface area contributed by atoms with Crippen molar-refractivity contribution in [1.82, 2.24) is 10.3 Å². The normalized spacial score (nSPS) is 12.4. The minimum absolute atomic E-state index is 0.159. The zero-order valence-electron chi connectivity index (χ0n) is 12.0. The van der Waals surface area contributed by atoms with E-state index in [1.807, 2.05) is 13.8 Å². The van der Waals surface area contributed by atoms with E-state index in [1.165, 1.54) is 18.4 Å². The van der Waals surface area contributed by atoms with Gasteiger partial charge in [-0.15, -0.1) is 0 Å². The van der Waals surface area contributed by atoms with E-state index in [0.29, 0.717) is 11.5 Å². The Hall–Kier alpha value is -2.21. The van der Waals surface area contributed by atoms with Crippen LogP contribution in [-0.2, 0) is 6.54 Å². The van der Waals surface area contributed by atoms with Crippen LogP contribution in [-0.4, -0.2) is 10.9 Å². The second-order valence-corrected chi connectivity index (χ2v) is 5.15. The third kappa shape index (κ3) is 3.88. The number of carbonyl (C=O) groups is 1. The summed E-state index contributed by atoms with van der Waals surface area (Å²) in [6.45, 7) is 4.10. The van der Waals surface area contributed by atoms with Crippen LogP contribution in [0.3, 0.4) is 0 Å². The minimum atomic E-state index is -0.384. The number of nitrogens with one attached hydrogen (secondary N) is 1. The van der Waals surface area contributed by atoms with Gasteiger partial charge in [0.15, 0.2) is 5.69 Å². The van der Waals surface area contributed by atoms with E-state index in [0.717, 1.165) is 0 Å². The largest absolute Gasteiger partial charge is 0.446 e. The third-order valence-corrected chi connectivity index (χ3v) is 3.10. The lowest BCUT2D eigenvalue weighted by atomic mass is 10.1. The number of nitrogens with zero attached hydrogens (tertiary/aromatic N) is 1. The van der Waals surface area contributed by atoms with Crippen molar-refractivity contribution in [3.05, 3.63) is 53.5 Å². The molecule has 0 bridgehead atoms. The average molecular weight is 291 g/mol. The van der Waals surface area contributed by atoms with Crippen molar-refractivity contribution in [1.29, 1.82) is 0 Å². The van der Waals surface area contributed by atoms with Gasteiger partial charge >= 0.3 is 0 Å². The van der Waals surface area contributed by atoms with Gasteiger partial charge in [-0.05, 0) is 23.6 Å². The summed E-state index contributed by atoms with van der Waals surface area (Å²) in [5, 5.41) is 2.66. The molecule has 0 spiro atoms. The molecule has 2 aromatic rings. The van der Waals surface area contributed by atoms with Crippen molar-refractivity contribution in [3.8, 4) is 0 Å². The highest BCUT2D eigenvalue weighted by molar-refractivity contribution is 5.91. The fraction of sp³-hybridized carbons (Fsp3) is 0.333. The van der Waals surface area contributed by atoms with Crippen LogP contribution < -0.4 is 11.1 Å². The lowest BCUT2D eigenvalue weighted by Crippen LogP contribution is -2.23. The molecule has 6 heteroatoms. The first-order valence-corrected chi connectivity index (χ1v) is 6.71. The van der Waals surface area contributed by atoms with Crippen LogP contribution in [0.25, 0.3) is 0 Å². The molecule has 1 unspecified atom stereocenters. The highest BCUT2D eigenvalue weighted by Crippen LogP contribution is 2.18. The Bertz CT molecular complexity index is 625. The van der Waals surface area contributed by atoms with Gasteiger partial charge in [-0.2, -0.15) is 0 Å². The smallest absolute Gasteiger partial charge is 0.273 e. The van der Waals surface area contributed by atoms with Gasteiger partial charge in [-0.1, -0.05) is 26.0 Å². The van der Waals surface area contributed by atoms with Crippen LogP contribution in [0.4, 0.5) is 4.39 Å². The highest BCUT2D eigenvalue weighted by atomic mass is 19.1. The van der Waals surface area contributed by atoms with Crippen molar-refractivity contribution in [2.45, 2.75) is 26.4 Å². The Morgan fingerprint density at radius 2 is 2.24 bits per heavy atom. The van der Waals surface area contributed by atoms with E-state index in [4.69, 9.17) is 10.2 Å². The minimum Gasteiger partial charge on any atom is -0.446 e. The van der Waals surface area contributed by atoms with Crippen molar-refractivity contribution in [2.24, 2.45) is 11.7 Å². The summed E-state index contributed by atoms with van der Waals surface area (Å²) in [7, 11) is 0. The molecule has 0 saturated carbocycles. The van der Waals surface area contributed by atoms with Crippen molar-refractivity contribution in [2.75, 3.05) is 0 Å². The van der Waals surface area contributed by atoms with Gasteiger partial charge in [0.2, 0.25) is 5.89 Å². The number of oxazole rings is 1. The number of halogens is 1. The number of aromatic nitrogens is 1.